The Morgan fingerprint density at radius 3 is 2.55 bits per heavy atom. The summed E-state index contributed by atoms with van der Waals surface area (Å²) in [6, 6.07) is 7.91. The highest BCUT2D eigenvalue weighted by Crippen LogP contribution is 2.35. The van der Waals surface area contributed by atoms with Crippen LogP contribution in [0.1, 0.15) is 37.7 Å². The summed E-state index contributed by atoms with van der Waals surface area (Å²) in [5.74, 6) is 0.357. The third-order valence-corrected chi connectivity index (χ3v) is 4.68. The van der Waals surface area contributed by atoms with Gasteiger partial charge in [-0.1, -0.05) is 43.0 Å². The predicted molar refractivity (Wildman–Crippen MR) is 85.2 cm³/mol. The van der Waals surface area contributed by atoms with Gasteiger partial charge in [-0.2, -0.15) is 0 Å². The molecule has 1 aliphatic carbocycles. The monoisotopic (exact) mass is 295 g/mol. The van der Waals surface area contributed by atoms with Crippen LogP contribution in [-0.2, 0) is 6.42 Å². The average molecular weight is 296 g/mol. The Morgan fingerprint density at radius 2 is 1.90 bits per heavy atom. The maximum atomic E-state index is 11.2. The Kier molecular flexibility index (Phi) is 5.48. The van der Waals surface area contributed by atoms with E-state index >= 15 is 0 Å². The van der Waals surface area contributed by atoms with E-state index in [9.17, 15) is 5.11 Å². The zero-order valence-corrected chi connectivity index (χ0v) is 13.4. The van der Waals surface area contributed by atoms with Gasteiger partial charge in [0.25, 0.3) is 0 Å². The molecule has 0 amide bonds. The molecule has 0 heterocycles. The lowest BCUT2D eigenvalue weighted by Crippen LogP contribution is -2.44. The molecule has 2 atom stereocenters. The summed E-state index contributed by atoms with van der Waals surface area (Å²) in [5, 5.41) is 12.0. The molecule has 0 radical (unpaired) electrons. The van der Waals surface area contributed by atoms with Gasteiger partial charge in [0.05, 0.1) is 5.60 Å². The van der Waals surface area contributed by atoms with Gasteiger partial charge < -0.3 is 10.0 Å². The van der Waals surface area contributed by atoms with Crippen molar-refractivity contribution in [3.8, 4) is 0 Å². The van der Waals surface area contributed by atoms with Gasteiger partial charge in [-0.3, -0.25) is 0 Å². The minimum atomic E-state index is -0.575. The molecule has 1 aromatic carbocycles. The number of hydrogen-bond donors (Lipinski definition) is 1. The molecule has 1 fully saturated rings. The van der Waals surface area contributed by atoms with E-state index in [0.717, 1.165) is 37.3 Å². The van der Waals surface area contributed by atoms with Gasteiger partial charge in [0.15, 0.2) is 0 Å². The summed E-state index contributed by atoms with van der Waals surface area (Å²) in [4.78, 5) is 2.20. The van der Waals surface area contributed by atoms with Crippen molar-refractivity contribution in [1.29, 1.82) is 0 Å². The van der Waals surface area contributed by atoms with E-state index in [1.165, 1.54) is 18.4 Å². The smallest absolute Gasteiger partial charge is 0.0728 e. The SMILES string of the molecule is CN(C)CC1CCCCCC1(O)Cc1ccc(Cl)cc1. The Balaban J connectivity index is 2.15. The second-order valence-electron chi connectivity index (χ2n) is 6.47. The van der Waals surface area contributed by atoms with E-state index in [1.807, 2.05) is 24.3 Å². The van der Waals surface area contributed by atoms with Crippen molar-refractivity contribution < 1.29 is 5.11 Å². The van der Waals surface area contributed by atoms with Crippen LogP contribution >= 0.6 is 11.6 Å². The second-order valence-corrected chi connectivity index (χ2v) is 6.90. The number of hydrogen-bond acceptors (Lipinski definition) is 2. The van der Waals surface area contributed by atoms with Gasteiger partial charge in [-0.05, 0) is 44.6 Å². The van der Waals surface area contributed by atoms with Gasteiger partial charge in [-0.25, -0.2) is 0 Å². The fourth-order valence-corrected chi connectivity index (χ4v) is 3.49. The molecule has 2 rings (SSSR count). The van der Waals surface area contributed by atoms with Crippen LogP contribution in [0.4, 0.5) is 0 Å². The van der Waals surface area contributed by atoms with Gasteiger partial charge in [-0.15, -0.1) is 0 Å². The quantitative estimate of drug-likeness (QED) is 0.855. The van der Waals surface area contributed by atoms with Crippen LogP contribution < -0.4 is 0 Å². The summed E-state index contributed by atoms with van der Waals surface area (Å²) in [6.07, 6.45) is 6.39. The Bertz CT molecular complexity index is 418. The molecule has 1 aliphatic rings. The minimum Gasteiger partial charge on any atom is -0.389 e. The van der Waals surface area contributed by atoms with Gasteiger partial charge in [0, 0.05) is 23.9 Å². The summed E-state index contributed by atoms with van der Waals surface area (Å²) in [7, 11) is 4.18. The van der Waals surface area contributed by atoms with Crippen LogP contribution in [-0.4, -0.2) is 36.2 Å². The first kappa shape index (κ1) is 15.8. The Hall–Kier alpha value is -0.570. The molecule has 1 saturated carbocycles. The van der Waals surface area contributed by atoms with Crippen molar-refractivity contribution in [2.24, 2.45) is 5.92 Å². The first-order valence-electron chi connectivity index (χ1n) is 7.61. The summed E-state index contributed by atoms with van der Waals surface area (Å²) in [6.45, 7) is 0.962. The van der Waals surface area contributed by atoms with Crippen LogP contribution in [0.2, 0.25) is 5.02 Å². The highest BCUT2D eigenvalue weighted by atomic mass is 35.5. The lowest BCUT2D eigenvalue weighted by molar-refractivity contribution is -0.0326. The average Bonchev–Trinajstić information content (AvgIpc) is 2.55. The van der Waals surface area contributed by atoms with E-state index in [2.05, 4.69) is 19.0 Å². The summed E-state index contributed by atoms with van der Waals surface area (Å²) in [5.41, 5.74) is 0.608. The third kappa shape index (κ3) is 4.21. The number of aliphatic hydroxyl groups is 1. The molecule has 0 saturated heterocycles. The van der Waals surface area contributed by atoms with Crippen LogP contribution in [0.3, 0.4) is 0 Å². The molecule has 2 nitrogen and oxygen atoms in total. The lowest BCUT2D eigenvalue weighted by Gasteiger charge is -2.37. The molecule has 20 heavy (non-hydrogen) atoms. The molecule has 1 aromatic rings. The highest BCUT2D eigenvalue weighted by molar-refractivity contribution is 6.30. The zero-order valence-electron chi connectivity index (χ0n) is 12.6. The van der Waals surface area contributed by atoms with Gasteiger partial charge >= 0.3 is 0 Å². The predicted octanol–water partition coefficient (Wildman–Crippen LogP) is 3.76. The van der Waals surface area contributed by atoms with Crippen molar-refractivity contribution >= 4 is 11.6 Å². The number of benzene rings is 1. The first-order valence-corrected chi connectivity index (χ1v) is 7.99. The molecular formula is C17H26ClNO. The van der Waals surface area contributed by atoms with Crippen molar-refractivity contribution in [2.45, 2.75) is 44.1 Å². The molecule has 3 heteroatoms. The van der Waals surface area contributed by atoms with Gasteiger partial charge in [0.1, 0.15) is 0 Å². The summed E-state index contributed by atoms with van der Waals surface area (Å²) >= 11 is 5.94. The molecule has 0 aliphatic heterocycles. The molecule has 2 unspecified atom stereocenters. The fraction of sp³-hybridized carbons (Fsp3) is 0.647. The molecule has 1 N–H and O–H groups in total. The highest BCUT2D eigenvalue weighted by Gasteiger charge is 2.37. The number of nitrogens with zero attached hydrogens (tertiary/aromatic N) is 1. The normalized spacial score (nSPS) is 27.6. The second kappa shape index (κ2) is 6.93. The van der Waals surface area contributed by atoms with Crippen LogP contribution in [0.15, 0.2) is 24.3 Å². The fourth-order valence-electron chi connectivity index (χ4n) is 3.36. The Labute approximate surface area is 127 Å². The van der Waals surface area contributed by atoms with E-state index in [4.69, 9.17) is 11.6 Å². The van der Waals surface area contributed by atoms with Crippen LogP contribution in [0.25, 0.3) is 0 Å². The van der Waals surface area contributed by atoms with E-state index in [0.29, 0.717) is 5.92 Å². The standard InChI is InChI=1S/C17H26ClNO/c1-19(2)13-15-6-4-3-5-11-17(15,20)12-14-7-9-16(18)10-8-14/h7-10,15,20H,3-6,11-13H2,1-2H3. The van der Waals surface area contributed by atoms with Crippen molar-refractivity contribution in [3.63, 3.8) is 0 Å². The third-order valence-electron chi connectivity index (χ3n) is 4.43. The molecule has 0 aromatic heterocycles. The minimum absolute atomic E-state index is 0.357. The van der Waals surface area contributed by atoms with Gasteiger partial charge in [0.2, 0.25) is 0 Å². The van der Waals surface area contributed by atoms with E-state index in [1.54, 1.807) is 0 Å². The maximum absolute atomic E-state index is 11.2. The molecule has 112 valence electrons. The topological polar surface area (TPSA) is 23.5 Å². The van der Waals surface area contributed by atoms with E-state index < -0.39 is 5.60 Å². The van der Waals surface area contributed by atoms with Crippen molar-refractivity contribution in [1.82, 2.24) is 4.90 Å². The number of halogens is 1. The largest absolute Gasteiger partial charge is 0.389 e. The van der Waals surface area contributed by atoms with E-state index in [-0.39, 0.29) is 0 Å². The first-order chi connectivity index (χ1) is 9.49. The van der Waals surface area contributed by atoms with Crippen molar-refractivity contribution in [2.75, 3.05) is 20.6 Å². The molecule has 0 spiro atoms. The zero-order chi connectivity index (χ0) is 14.6. The maximum Gasteiger partial charge on any atom is 0.0728 e. The van der Waals surface area contributed by atoms with Crippen LogP contribution in [0, 0.1) is 5.92 Å². The summed E-state index contributed by atoms with van der Waals surface area (Å²) < 4.78 is 0. The Morgan fingerprint density at radius 1 is 1.20 bits per heavy atom. The van der Waals surface area contributed by atoms with Crippen molar-refractivity contribution in [3.05, 3.63) is 34.9 Å². The molecule has 0 bridgehead atoms. The molecular weight excluding hydrogens is 270 g/mol. The van der Waals surface area contributed by atoms with Crippen LogP contribution in [0.5, 0.6) is 0 Å². The lowest BCUT2D eigenvalue weighted by atomic mass is 9.78. The number of rotatable bonds is 4.